The van der Waals surface area contributed by atoms with Crippen LogP contribution in [0.4, 0.5) is 10.1 Å². The maximum Gasteiger partial charge on any atom is 0.277 e. The highest BCUT2D eigenvalue weighted by Crippen LogP contribution is 2.28. The Labute approximate surface area is 178 Å². The van der Waals surface area contributed by atoms with Crippen molar-refractivity contribution in [3.8, 4) is 11.5 Å². The van der Waals surface area contributed by atoms with E-state index in [0.717, 1.165) is 21.8 Å². The number of carbonyl (C=O) groups is 2. The minimum atomic E-state index is -0.392. The number of benzene rings is 2. The summed E-state index contributed by atoms with van der Waals surface area (Å²) < 4.78 is 19.3. The van der Waals surface area contributed by atoms with Crippen LogP contribution < -0.4 is 5.32 Å². The molecule has 1 N–H and O–H groups in total. The van der Waals surface area contributed by atoms with Gasteiger partial charge in [0.2, 0.25) is 17.7 Å². The summed E-state index contributed by atoms with van der Waals surface area (Å²) in [5.41, 5.74) is 1.21. The van der Waals surface area contributed by atoms with Gasteiger partial charge in [0, 0.05) is 17.2 Å². The van der Waals surface area contributed by atoms with E-state index in [0.29, 0.717) is 11.6 Å². The van der Waals surface area contributed by atoms with Crippen LogP contribution in [0.25, 0.3) is 11.5 Å². The number of halogens is 2. The molecule has 0 atom stereocenters. The van der Waals surface area contributed by atoms with Crippen molar-refractivity contribution in [3.05, 3.63) is 58.8 Å². The third-order valence-corrected chi connectivity index (χ3v) is 5.26. The summed E-state index contributed by atoms with van der Waals surface area (Å²) in [4.78, 5) is 25.6. The molecule has 0 bridgehead atoms. The summed E-state index contributed by atoms with van der Waals surface area (Å²) in [7, 11) is 1.52. The number of hydrogen-bond donors (Lipinski definition) is 1. The monoisotopic (exact) mass is 478 g/mol. The summed E-state index contributed by atoms with van der Waals surface area (Å²) in [6.07, 6.45) is 0. The molecule has 0 aliphatic rings. The maximum atomic E-state index is 12.9. The van der Waals surface area contributed by atoms with E-state index in [2.05, 4.69) is 31.4 Å². The summed E-state index contributed by atoms with van der Waals surface area (Å²) in [5, 5.41) is 10.8. The Morgan fingerprint density at radius 3 is 2.62 bits per heavy atom. The highest BCUT2D eigenvalue weighted by Gasteiger charge is 2.16. The fraction of sp³-hybridized carbons (Fsp3) is 0.158. The Morgan fingerprint density at radius 2 is 1.90 bits per heavy atom. The van der Waals surface area contributed by atoms with Gasteiger partial charge in [-0.05, 0) is 52.3 Å². The molecule has 1 aromatic heterocycles. The molecule has 7 nitrogen and oxygen atoms in total. The first kappa shape index (κ1) is 21.0. The molecule has 0 spiro atoms. The van der Waals surface area contributed by atoms with E-state index < -0.39 is 5.82 Å². The zero-order valence-electron chi connectivity index (χ0n) is 15.3. The molecule has 10 heteroatoms. The summed E-state index contributed by atoms with van der Waals surface area (Å²) in [6, 6.07) is 12.8. The fourth-order valence-corrected chi connectivity index (χ4v) is 3.44. The van der Waals surface area contributed by atoms with E-state index in [-0.39, 0.29) is 29.3 Å². The number of anilines is 1. The molecule has 0 saturated heterocycles. The minimum Gasteiger partial charge on any atom is -0.411 e. The average Bonchev–Trinajstić information content (AvgIpc) is 3.17. The summed E-state index contributed by atoms with van der Waals surface area (Å²) in [6.45, 7) is -0.136. The van der Waals surface area contributed by atoms with Gasteiger partial charge in [-0.1, -0.05) is 23.9 Å². The smallest absolute Gasteiger partial charge is 0.277 e. The fourth-order valence-electron chi connectivity index (χ4n) is 2.28. The van der Waals surface area contributed by atoms with Crippen LogP contribution in [0.1, 0.15) is 0 Å². The number of thioether (sulfide) groups is 1. The van der Waals surface area contributed by atoms with E-state index in [1.54, 1.807) is 0 Å². The second kappa shape index (κ2) is 9.66. The molecule has 0 unspecified atom stereocenters. The lowest BCUT2D eigenvalue weighted by molar-refractivity contribution is -0.131. The van der Waals surface area contributed by atoms with Crippen molar-refractivity contribution in [3.63, 3.8) is 0 Å². The van der Waals surface area contributed by atoms with Crippen LogP contribution in [-0.4, -0.2) is 46.3 Å². The minimum absolute atomic E-state index is 0.0396. The molecular formula is C19H16BrFN4O3S. The topological polar surface area (TPSA) is 88.3 Å². The zero-order chi connectivity index (χ0) is 20.8. The Balaban J connectivity index is 1.49. The van der Waals surface area contributed by atoms with Gasteiger partial charge in [-0.15, -0.1) is 10.2 Å². The van der Waals surface area contributed by atoms with Gasteiger partial charge in [-0.2, -0.15) is 0 Å². The van der Waals surface area contributed by atoms with Crippen LogP contribution in [0.15, 0.2) is 62.6 Å². The molecule has 3 rings (SSSR count). The lowest BCUT2D eigenvalue weighted by Gasteiger charge is -2.16. The number of aromatic nitrogens is 2. The Hall–Kier alpha value is -2.72. The van der Waals surface area contributed by atoms with Gasteiger partial charge in [0.25, 0.3) is 5.22 Å². The van der Waals surface area contributed by atoms with Crippen LogP contribution in [0.5, 0.6) is 0 Å². The second-order valence-electron chi connectivity index (χ2n) is 5.95. The number of hydrogen-bond acceptors (Lipinski definition) is 6. The molecule has 3 aromatic rings. The summed E-state index contributed by atoms with van der Waals surface area (Å²) >= 11 is 4.51. The maximum absolute atomic E-state index is 12.9. The molecule has 29 heavy (non-hydrogen) atoms. The molecule has 0 fully saturated rings. The van der Waals surface area contributed by atoms with Crippen molar-refractivity contribution in [2.75, 3.05) is 24.7 Å². The zero-order valence-corrected chi connectivity index (χ0v) is 17.7. The molecule has 2 amide bonds. The number of nitrogens with one attached hydrogen (secondary N) is 1. The van der Waals surface area contributed by atoms with Gasteiger partial charge in [0.15, 0.2) is 0 Å². The molecule has 0 radical (unpaired) electrons. The van der Waals surface area contributed by atoms with Crippen LogP contribution in [-0.2, 0) is 9.59 Å². The van der Waals surface area contributed by atoms with Gasteiger partial charge in [0.1, 0.15) is 5.82 Å². The number of likely N-dealkylation sites (N-methyl/N-ethyl adjacent to an activating group) is 1. The lowest BCUT2D eigenvalue weighted by atomic mass is 10.2. The van der Waals surface area contributed by atoms with E-state index in [4.69, 9.17) is 4.42 Å². The van der Waals surface area contributed by atoms with E-state index in [1.165, 1.54) is 36.2 Å². The first-order valence-corrected chi connectivity index (χ1v) is 10.2. The van der Waals surface area contributed by atoms with Gasteiger partial charge in [-0.3, -0.25) is 9.59 Å². The number of amides is 2. The molecule has 0 saturated carbocycles. The van der Waals surface area contributed by atoms with Crippen molar-refractivity contribution in [2.24, 2.45) is 0 Å². The van der Waals surface area contributed by atoms with E-state index >= 15 is 0 Å². The van der Waals surface area contributed by atoms with E-state index in [9.17, 15) is 14.0 Å². The number of carbonyl (C=O) groups excluding carboxylic acids is 2. The highest BCUT2D eigenvalue weighted by atomic mass is 79.9. The third kappa shape index (κ3) is 5.88. The molecule has 150 valence electrons. The number of nitrogens with zero attached hydrogens (tertiary/aromatic N) is 3. The Bertz CT molecular complexity index is 1010. The van der Waals surface area contributed by atoms with Crippen molar-refractivity contribution in [1.82, 2.24) is 15.1 Å². The molecule has 0 aliphatic carbocycles. The predicted molar refractivity (Wildman–Crippen MR) is 111 cm³/mol. The predicted octanol–water partition coefficient (Wildman–Crippen LogP) is 3.83. The highest BCUT2D eigenvalue weighted by molar-refractivity contribution is 9.10. The van der Waals surface area contributed by atoms with Crippen molar-refractivity contribution >= 4 is 45.2 Å². The van der Waals surface area contributed by atoms with Crippen LogP contribution in [0.2, 0.25) is 0 Å². The number of rotatable bonds is 7. The molecular weight excluding hydrogens is 463 g/mol. The van der Waals surface area contributed by atoms with Crippen molar-refractivity contribution in [2.45, 2.75) is 5.22 Å². The molecule has 1 heterocycles. The first-order chi connectivity index (χ1) is 13.9. The Kier molecular flexibility index (Phi) is 6.99. The second-order valence-corrected chi connectivity index (χ2v) is 7.73. The third-order valence-electron chi connectivity index (χ3n) is 3.76. The summed E-state index contributed by atoms with van der Waals surface area (Å²) in [5.74, 6) is -0.662. The Morgan fingerprint density at radius 1 is 1.17 bits per heavy atom. The van der Waals surface area contributed by atoms with Crippen molar-refractivity contribution < 1.29 is 18.4 Å². The largest absolute Gasteiger partial charge is 0.411 e. The molecule has 2 aromatic carbocycles. The van der Waals surface area contributed by atoms with Gasteiger partial charge < -0.3 is 14.6 Å². The lowest BCUT2D eigenvalue weighted by Crippen LogP contribution is -2.35. The normalized spacial score (nSPS) is 10.6. The standard InChI is InChI=1S/C19H16BrFN4O3S/c1-25(10-16(26)22-13-8-6-12(21)7-9-13)17(27)11-29-19-24-23-18(28-19)14-4-2-3-5-15(14)20/h2-9H,10-11H2,1H3,(H,22,26). The van der Waals surface area contributed by atoms with Crippen molar-refractivity contribution in [1.29, 1.82) is 0 Å². The van der Waals surface area contributed by atoms with Gasteiger partial charge in [-0.25, -0.2) is 4.39 Å². The van der Waals surface area contributed by atoms with Crippen LogP contribution in [0.3, 0.4) is 0 Å². The van der Waals surface area contributed by atoms with E-state index in [1.807, 2.05) is 24.3 Å². The van der Waals surface area contributed by atoms with Gasteiger partial charge in [0.05, 0.1) is 17.9 Å². The van der Waals surface area contributed by atoms with Crippen LogP contribution >= 0.6 is 27.7 Å². The first-order valence-electron chi connectivity index (χ1n) is 8.43. The van der Waals surface area contributed by atoms with Gasteiger partial charge >= 0.3 is 0 Å². The SMILES string of the molecule is CN(CC(=O)Nc1ccc(F)cc1)C(=O)CSc1nnc(-c2ccccc2Br)o1. The quantitative estimate of drug-likeness (QED) is 0.519. The average molecular weight is 479 g/mol. The van der Waals surface area contributed by atoms with Crippen LogP contribution in [0, 0.1) is 5.82 Å². The molecule has 0 aliphatic heterocycles.